The fourth-order valence-corrected chi connectivity index (χ4v) is 3.92. The first-order valence-electron chi connectivity index (χ1n) is 8.08. The highest BCUT2D eigenvalue weighted by Gasteiger charge is 2.40. The summed E-state index contributed by atoms with van der Waals surface area (Å²) in [5.74, 6) is 0.994. The zero-order chi connectivity index (χ0) is 17.1. The number of ether oxygens (including phenoxy) is 2. The second-order valence-electron chi connectivity index (χ2n) is 6.02. The summed E-state index contributed by atoms with van der Waals surface area (Å²) < 4.78 is 10.7. The van der Waals surface area contributed by atoms with Gasteiger partial charge in [0, 0.05) is 19.0 Å². The molecule has 1 fully saturated rings. The van der Waals surface area contributed by atoms with Crippen molar-refractivity contribution in [2.45, 2.75) is 19.3 Å². The van der Waals surface area contributed by atoms with Crippen molar-refractivity contribution < 1.29 is 24.2 Å². The van der Waals surface area contributed by atoms with Gasteiger partial charge in [-0.05, 0) is 29.9 Å². The van der Waals surface area contributed by atoms with E-state index in [1.807, 2.05) is 12.1 Å². The number of nitrogens with zero attached hydrogens (tertiary/aromatic N) is 1. The predicted octanol–water partition coefficient (Wildman–Crippen LogP) is 2.19. The Bertz CT molecular complexity index is 635. The maximum Gasteiger partial charge on any atom is 0.308 e. The van der Waals surface area contributed by atoms with Crippen LogP contribution in [0.15, 0.2) is 18.2 Å². The first-order valence-corrected chi connectivity index (χ1v) is 9.23. The summed E-state index contributed by atoms with van der Waals surface area (Å²) in [4.78, 5) is 25.6. The van der Waals surface area contributed by atoms with Crippen molar-refractivity contribution in [3.63, 3.8) is 0 Å². The van der Waals surface area contributed by atoms with Crippen molar-refractivity contribution in [3.05, 3.63) is 23.8 Å². The van der Waals surface area contributed by atoms with Gasteiger partial charge >= 0.3 is 5.97 Å². The van der Waals surface area contributed by atoms with Crippen LogP contribution in [-0.2, 0) is 9.59 Å². The van der Waals surface area contributed by atoms with Crippen LogP contribution in [0.4, 0.5) is 0 Å². The van der Waals surface area contributed by atoms with Crippen LogP contribution in [-0.4, -0.2) is 53.3 Å². The Morgan fingerprint density at radius 1 is 1.29 bits per heavy atom. The number of hydrogen-bond acceptors (Lipinski definition) is 5. The monoisotopic (exact) mass is 351 g/mol. The van der Waals surface area contributed by atoms with Crippen molar-refractivity contribution in [1.82, 2.24) is 4.90 Å². The van der Waals surface area contributed by atoms with Crippen LogP contribution in [0.2, 0.25) is 0 Å². The number of carbonyl (C=O) groups is 2. The molecule has 0 aliphatic carbocycles. The number of aliphatic carboxylic acids is 1. The van der Waals surface area contributed by atoms with Gasteiger partial charge in [0.2, 0.25) is 12.7 Å². The zero-order valence-corrected chi connectivity index (χ0v) is 14.4. The van der Waals surface area contributed by atoms with Crippen molar-refractivity contribution in [2.75, 3.05) is 31.4 Å². The Morgan fingerprint density at radius 2 is 2.08 bits per heavy atom. The molecular weight excluding hydrogens is 330 g/mol. The minimum atomic E-state index is -0.867. The predicted molar refractivity (Wildman–Crippen MR) is 90.6 cm³/mol. The summed E-state index contributed by atoms with van der Waals surface area (Å²) in [6.45, 7) is 2.95. The maximum absolute atomic E-state index is 12.3. The van der Waals surface area contributed by atoms with Crippen molar-refractivity contribution in [3.8, 4) is 11.5 Å². The van der Waals surface area contributed by atoms with E-state index in [0.29, 0.717) is 23.8 Å². The summed E-state index contributed by atoms with van der Waals surface area (Å²) in [6, 6.07) is 5.51. The lowest BCUT2D eigenvalue weighted by Gasteiger charge is -2.16. The van der Waals surface area contributed by atoms with Gasteiger partial charge in [0.05, 0.1) is 11.7 Å². The van der Waals surface area contributed by atoms with Crippen molar-refractivity contribution >= 4 is 23.6 Å². The van der Waals surface area contributed by atoms with Crippen molar-refractivity contribution in [1.29, 1.82) is 0 Å². The SMILES string of the molecule is CCCSCC(=O)N1C[C@@H](C(=O)O)[C@H](c2ccc3c(c2)OCO3)C1. The van der Waals surface area contributed by atoms with Gasteiger partial charge in [0.1, 0.15) is 0 Å². The number of carbonyl (C=O) groups excluding carboxylic acids is 1. The molecule has 1 amide bonds. The smallest absolute Gasteiger partial charge is 0.308 e. The molecule has 1 saturated heterocycles. The fraction of sp³-hybridized carbons (Fsp3) is 0.529. The van der Waals surface area contributed by atoms with E-state index in [0.717, 1.165) is 17.7 Å². The Morgan fingerprint density at radius 3 is 2.83 bits per heavy atom. The average molecular weight is 351 g/mol. The summed E-state index contributed by atoms with van der Waals surface area (Å²) in [5.41, 5.74) is 0.878. The second-order valence-corrected chi connectivity index (χ2v) is 7.12. The number of thioether (sulfide) groups is 1. The molecular formula is C17H21NO5S. The molecule has 1 aromatic carbocycles. The highest BCUT2D eigenvalue weighted by atomic mass is 32.2. The van der Waals surface area contributed by atoms with Gasteiger partial charge in [-0.15, -0.1) is 0 Å². The topological polar surface area (TPSA) is 76.1 Å². The molecule has 0 saturated carbocycles. The van der Waals surface area contributed by atoms with E-state index >= 15 is 0 Å². The lowest BCUT2D eigenvalue weighted by molar-refractivity contribution is -0.141. The minimum absolute atomic E-state index is 0.0166. The number of carboxylic acid groups (broad SMARTS) is 1. The molecule has 0 spiro atoms. The van der Waals surface area contributed by atoms with Gasteiger partial charge in [0.15, 0.2) is 11.5 Å². The van der Waals surface area contributed by atoms with Gasteiger partial charge in [-0.2, -0.15) is 11.8 Å². The second kappa shape index (κ2) is 7.34. The normalized spacial score (nSPS) is 22.0. The highest BCUT2D eigenvalue weighted by Crippen LogP contribution is 2.39. The van der Waals surface area contributed by atoms with E-state index in [2.05, 4.69) is 6.92 Å². The van der Waals surface area contributed by atoms with Gasteiger partial charge in [-0.3, -0.25) is 9.59 Å². The first-order chi connectivity index (χ1) is 11.6. The van der Waals surface area contributed by atoms with Crippen LogP contribution in [0.1, 0.15) is 24.8 Å². The first kappa shape index (κ1) is 17.0. The summed E-state index contributed by atoms with van der Waals surface area (Å²) in [7, 11) is 0. The Balaban J connectivity index is 1.74. The molecule has 2 aliphatic rings. The van der Waals surface area contributed by atoms with Gasteiger partial charge < -0.3 is 19.5 Å². The third-order valence-corrected chi connectivity index (χ3v) is 5.54. The molecule has 2 heterocycles. The highest BCUT2D eigenvalue weighted by molar-refractivity contribution is 7.99. The molecule has 2 atom stereocenters. The summed E-state index contributed by atoms with van der Waals surface area (Å²) in [5, 5.41) is 9.55. The molecule has 0 unspecified atom stereocenters. The third kappa shape index (κ3) is 3.45. The Hall–Kier alpha value is -1.89. The van der Waals surface area contributed by atoms with E-state index in [9.17, 15) is 14.7 Å². The van der Waals surface area contributed by atoms with Crippen LogP contribution in [0.3, 0.4) is 0 Å². The van der Waals surface area contributed by atoms with Gasteiger partial charge in [-0.1, -0.05) is 13.0 Å². The quantitative estimate of drug-likeness (QED) is 0.792. The van der Waals surface area contributed by atoms with Crippen LogP contribution in [0.25, 0.3) is 0 Å². The molecule has 1 aromatic rings. The number of hydrogen-bond donors (Lipinski definition) is 1. The van der Waals surface area contributed by atoms with Crippen molar-refractivity contribution in [2.24, 2.45) is 5.92 Å². The molecule has 130 valence electrons. The largest absolute Gasteiger partial charge is 0.481 e. The third-order valence-electron chi connectivity index (χ3n) is 4.39. The van der Waals surface area contributed by atoms with E-state index in [4.69, 9.17) is 9.47 Å². The average Bonchev–Trinajstić information content (AvgIpc) is 3.21. The molecule has 6 nitrogen and oxygen atoms in total. The molecule has 7 heteroatoms. The number of benzene rings is 1. The van der Waals surface area contributed by atoms with Crippen LogP contribution in [0, 0.1) is 5.92 Å². The van der Waals surface area contributed by atoms with E-state index in [1.54, 1.807) is 22.7 Å². The number of carboxylic acids is 1. The lowest BCUT2D eigenvalue weighted by Crippen LogP contribution is -2.31. The minimum Gasteiger partial charge on any atom is -0.481 e. The van der Waals surface area contributed by atoms with Crippen LogP contribution < -0.4 is 9.47 Å². The summed E-state index contributed by atoms with van der Waals surface area (Å²) >= 11 is 1.60. The van der Waals surface area contributed by atoms with E-state index in [1.165, 1.54) is 0 Å². The van der Waals surface area contributed by atoms with Crippen LogP contribution in [0.5, 0.6) is 11.5 Å². The molecule has 1 N–H and O–H groups in total. The Labute approximate surface area is 145 Å². The van der Waals surface area contributed by atoms with E-state index in [-0.39, 0.29) is 25.2 Å². The number of likely N-dealkylation sites (tertiary alicyclic amines) is 1. The lowest BCUT2D eigenvalue weighted by atomic mass is 9.89. The molecule has 0 radical (unpaired) electrons. The van der Waals surface area contributed by atoms with Gasteiger partial charge in [-0.25, -0.2) is 0 Å². The fourth-order valence-electron chi connectivity index (χ4n) is 3.13. The number of rotatable bonds is 6. The van der Waals surface area contributed by atoms with Crippen LogP contribution >= 0.6 is 11.8 Å². The molecule has 3 rings (SSSR count). The molecule has 2 aliphatic heterocycles. The number of amides is 1. The number of fused-ring (bicyclic) bond motifs is 1. The maximum atomic E-state index is 12.3. The molecule has 0 aromatic heterocycles. The molecule has 0 bridgehead atoms. The Kier molecular flexibility index (Phi) is 5.18. The molecule has 24 heavy (non-hydrogen) atoms. The van der Waals surface area contributed by atoms with E-state index < -0.39 is 11.9 Å². The van der Waals surface area contributed by atoms with Gasteiger partial charge in [0.25, 0.3) is 0 Å². The zero-order valence-electron chi connectivity index (χ0n) is 13.6. The summed E-state index contributed by atoms with van der Waals surface area (Å²) in [6.07, 6.45) is 1.02. The standard InChI is InChI=1S/C17H21NO5S/c1-2-5-24-9-16(19)18-7-12(13(8-18)17(20)21)11-3-4-14-15(6-11)23-10-22-14/h3-4,6,12-13H,2,5,7-10H2,1H3,(H,20,21)/t12-,13+/m0/s1.